The average Bonchev–Trinajstić information content (AvgIpc) is 2.62. The minimum Gasteiger partial charge on any atom is -0.486 e. The number of aromatic nitrogens is 1. The molecule has 24 heavy (non-hydrogen) atoms. The van der Waals surface area contributed by atoms with Gasteiger partial charge in [-0.1, -0.05) is 12.1 Å². The van der Waals surface area contributed by atoms with E-state index < -0.39 is 0 Å². The van der Waals surface area contributed by atoms with E-state index in [4.69, 9.17) is 14.2 Å². The van der Waals surface area contributed by atoms with Crippen molar-refractivity contribution in [2.45, 2.75) is 6.10 Å². The van der Waals surface area contributed by atoms with Crippen LogP contribution >= 0.6 is 0 Å². The Labute approximate surface area is 140 Å². The van der Waals surface area contributed by atoms with Gasteiger partial charge in [-0.2, -0.15) is 0 Å². The lowest BCUT2D eigenvalue weighted by molar-refractivity contribution is 0.0731. The lowest BCUT2D eigenvalue weighted by Gasteiger charge is -2.29. The number of anilines is 1. The fraction of sp³-hybridized carbons (Fsp3) is 0.294. The summed E-state index contributed by atoms with van der Waals surface area (Å²) in [5.74, 6) is 1.92. The Morgan fingerprint density at radius 3 is 2.83 bits per heavy atom. The van der Waals surface area contributed by atoms with Gasteiger partial charge in [-0.15, -0.1) is 0 Å². The molecular weight excluding hydrogens is 310 g/mol. The molecule has 3 rings (SSSR count). The quantitative estimate of drug-likeness (QED) is 0.932. The number of fused-ring (bicyclic) bond motifs is 1. The third-order valence-electron chi connectivity index (χ3n) is 3.59. The molecule has 0 saturated heterocycles. The summed E-state index contributed by atoms with van der Waals surface area (Å²) in [6.45, 7) is 0.808. The monoisotopic (exact) mass is 329 g/mol. The third kappa shape index (κ3) is 3.68. The fourth-order valence-electron chi connectivity index (χ4n) is 2.34. The lowest BCUT2D eigenvalue weighted by atomic mass is 10.2. The number of benzene rings is 1. The van der Waals surface area contributed by atoms with E-state index in [1.54, 1.807) is 37.4 Å². The highest BCUT2D eigenvalue weighted by Crippen LogP contribution is 2.30. The molecule has 126 valence electrons. The zero-order valence-corrected chi connectivity index (χ0v) is 13.6. The molecule has 0 aliphatic carbocycles. The summed E-state index contributed by atoms with van der Waals surface area (Å²) < 4.78 is 16.5. The molecule has 1 atom stereocenters. The van der Waals surface area contributed by atoms with Crippen LogP contribution in [0.15, 0.2) is 42.6 Å². The number of hydrogen-bond acceptors (Lipinski definition) is 5. The van der Waals surface area contributed by atoms with Gasteiger partial charge in [-0.05, 0) is 18.2 Å². The highest BCUT2D eigenvalue weighted by Gasteiger charge is 2.23. The van der Waals surface area contributed by atoms with Gasteiger partial charge in [0.25, 0.3) is 0 Å². The Kier molecular flexibility index (Phi) is 4.69. The van der Waals surface area contributed by atoms with Crippen molar-refractivity contribution in [2.75, 3.05) is 32.6 Å². The number of methoxy groups -OCH3 is 1. The standard InChI is InChI=1S/C17H19N3O4/c1-20(17(21)19-12-7-8-16(22-2)18-9-12)10-13-11-23-14-5-3-4-6-15(14)24-13/h3-9,13H,10-11H2,1-2H3,(H,19,21)/t13-/m1/s1. The van der Waals surface area contributed by atoms with Crippen molar-refractivity contribution in [3.05, 3.63) is 42.6 Å². The Morgan fingerprint density at radius 1 is 1.33 bits per heavy atom. The molecular formula is C17H19N3O4. The van der Waals surface area contributed by atoms with Crippen molar-refractivity contribution in [3.8, 4) is 17.4 Å². The van der Waals surface area contributed by atoms with Crippen molar-refractivity contribution in [3.63, 3.8) is 0 Å². The maximum Gasteiger partial charge on any atom is 0.321 e. The second-order valence-corrected chi connectivity index (χ2v) is 5.40. The summed E-state index contributed by atoms with van der Waals surface area (Å²) in [7, 11) is 3.24. The zero-order valence-electron chi connectivity index (χ0n) is 13.6. The zero-order chi connectivity index (χ0) is 16.9. The van der Waals surface area contributed by atoms with Gasteiger partial charge in [-0.3, -0.25) is 0 Å². The third-order valence-corrected chi connectivity index (χ3v) is 3.59. The summed E-state index contributed by atoms with van der Waals surface area (Å²) in [6, 6.07) is 10.7. The van der Waals surface area contributed by atoms with Crippen LogP contribution in [0.2, 0.25) is 0 Å². The number of hydrogen-bond donors (Lipinski definition) is 1. The number of carbonyl (C=O) groups excluding carboxylic acids is 1. The van der Waals surface area contributed by atoms with E-state index in [-0.39, 0.29) is 12.1 Å². The number of ether oxygens (including phenoxy) is 3. The molecule has 0 bridgehead atoms. The smallest absolute Gasteiger partial charge is 0.321 e. The van der Waals surface area contributed by atoms with Crippen LogP contribution in [-0.2, 0) is 0 Å². The van der Waals surface area contributed by atoms with Crippen LogP contribution in [0.4, 0.5) is 10.5 Å². The second kappa shape index (κ2) is 7.08. The number of likely N-dealkylation sites (N-methyl/N-ethyl adjacent to an activating group) is 1. The molecule has 1 N–H and O–H groups in total. The normalized spacial score (nSPS) is 15.5. The number of urea groups is 1. The predicted molar refractivity (Wildman–Crippen MR) is 88.8 cm³/mol. The summed E-state index contributed by atoms with van der Waals surface area (Å²) >= 11 is 0. The van der Waals surface area contributed by atoms with Crippen LogP contribution < -0.4 is 19.5 Å². The van der Waals surface area contributed by atoms with Gasteiger partial charge in [0.2, 0.25) is 5.88 Å². The number of nitrogens with zero attached hydrogens (tertiary/aromatic N) is 2. The summed E-state index contributed by atoms with van der Waals surface area (Å²) in [4.78, 5) is 17.8. The highest BCUT2D eigenvalue weighted by molar-refractivity contribution is 5.88. The molecule has 2 heterocycles. The molecule has 1 aromatic heterocycles. The van der Waals surface area contributed by atoms with Gasteiger partial charge in [0, 0.05) is 13.1 Å². The first kappa shape index (κ1) is 15.9. The van der Waals surface area contributed by atoms with Crippen molar-refractivity contribution in [1.82, 2.24) is 9.88 Å². The van der Waals surface area contributed by atoms with E-state index in [0.717, 1.165) is 5.75 Å². The number of rotatable bonds is 4. The molecule has 0 unspecified atom stereocenters. The summed E-state index contributed by atoms with van der Waals surface area (Å²) in [5.41, 5.74) is 0.596. The van der Waals surface area contributed by atoms with E-state index in [1.807, 2.05) is 24.3 Å². The molecule has 0 saturated carbocycles. The molecule has 7 nitrogen and oxygen atoms in total. The van der Waals surface area contributed by atoms with Crippen LogP contribution in [0.1, 0.15) is 0 Å². The number of nitrogens with one attached hydrogen (secondary N) is 1. The Morgan fingerprint density at radius 2 is 2.12 bits per heavy atom. The van der Waals surface area contributed by atoms with Crippen LogP contribution in [0.5, 0.6) is 17.4 Å². The summed E-state index contributed by atoms with van der Waals surface area (Å²) in [6.07, 6.45) is 1.32. The van der Waals surface area contributed by atoms with Gasteiger partial charge < -0.3 is 24.4 Å². The van der Waals surface area contributed by atoms with Crippen LogP contribution in [0.25, 0.3) is 0 Å². The lowest BCUT2D eigenvalue weighted by Crippen LogP contribution is -2.43. The van der Waals surface area contributed by atoms with Gasteiger partial charge in [0.05, 0.1) is 25.5 Å². The van der Waals surface area contributed by atoms with Gasteiger partial charge in [0.15, 0.2) is 17.6 Å². The van der Waals surface area contributed by atoms with Crippen LogP contribution in [0.3, 0.4) is 0 Å². The highest BCUT2D eigenvalue weighted by atomic mass is 16.6. The van der Waals surface area contributed by atoms with Gasteiger partial charge in [-0.25, -0.2) is 9.78 Å². The number of para-hydroxylation sites is 2. The first-order valence-corrected chi connectivity index (χ1v) is 7.56. The van der Waals surface area contributed by atoms with E-state index >= 15 is 0 Å². The molecule has 0 fully saturated rings. The largest absolute Gasteiger partial charge is 0.486 e. The predicted octanol–water partition coefficient (Wildman–Crippen LogP) is 2.39. The van der Waals surface area contributed by atoms with E-state index in [0.29, 0.717) is 30.5 Å². The van der Waals surface area contributed by atoms with Crippen molar-refractivity contribution in [2.24, 2.45) is 0 Å². The van der Waals surface area contributed by atoms with Gasteiger partial charge >= 0.3 is 6.03 Å². The number of carbonyl (C=O) groups is 1. The maximum absolute atomic E-state index is 12.2. The molecule has 0 spiro atoms. The van der Waals surface area contributed by atoms with Gasteiger partial charge in [0.1, 0.15) is 6.61 Å². The van der Waals surface area contributed by atoms with E-state index in [9.17, 15) is 4.79 Å². The van der Waals surface area contributed by atoms with Crippen molar-refractivity contribution in [1.29, 1.82) is 0 Å². The molecule has 1 aromatic carbocycles. The molecule has 1 aliphatic rings. The number of amides is 2. The van der Waals surface area contributed by atoms with E-state index in [1.165, 1.54) is 0 Å². The fourth-order valence-corrected chi connectivity index (χ4v) is 2.34. The minimum atomic E-state index is -0.246. The van der Waals surface area contributed by atoms with E-state index in [2.05, 4.69) is 10.3 Å². The Bertz CT molecular complexity index is 705. The summed E-state index contributed by atoms with van der Waals surface area (Å²) in [5, 5.41) is 2.77. The van der Waals surface area contributed by atoms with Crippen molar-refractivity contribution < 1.29 is 19.0 Å². The first-order chi connectivity index (χ1) is 11.7. The minimum absolute atomic E-state index is 0.218. The second-order valence-electron chi connectivity index (χ2n) is 5.40. The Balaban J connectivity index is 1.54. The molecule has 2 amide bonds. The maximum atomic E-state index is 12.2. The molecule has 7 heteroatoms. The van der Waals surface area contributed by atoms with Crippen molar-refractivity contribution >= 4 is 11.7 Å². The first-order valence-electron chi connectivity index (χ1n) is 7.56. The molecule has 0 radical (unpaired) electrons. The van der Waals surface area contributed by atoms with Crippen LogP contribution in [0, 0.1) is 0 Å². The SMILES string of the molecule is COc1ccc(NC(=O)N(C)C[C@@H]2COc3ccccc3O2)cn1. The molecule has 1 aliphatic heterocycles. The number of pyridine rings is 1. The topological polar surface area (TPSA) is 72.9 Å². The molecule has 2 aromatic rings. The van der Waals surface area contributed by atoms with Crippen LogP contribution in [-0.4, -0.2) is 49.3 Å². The average molecular weight is 329 g/mol. The Hall–Kier alpha value is -2.96.